The molecule has 0 fully saturated rings. The lowest BCUT2D eigenvalue weighted by molar-refractivity contribution is -0.136. The van der Waals surface area contributed by atoms with Gasteiger partial charge in [0.05, 0.1) is 5.52 Å². The second-order valence-electron chi connectivity index (χ2n) is 2.99. The Balaban J connectivity index is 2.62. The molecule has 2 heterocycles. The van der Waals surface area contributed by atoms with Gasteiger partial charge in [-0.1, -0.05) is 27.5 Å². The van der Waals surface area contributed by atoms with Gasteiger partial charge in [-0.2, -0.15) is 0 Å². The van der Waals surface area contributed by atoms with Crippen LogP contribution in [0.5, 0.6) is 0 Å². The summed E-state index contributed by atoms with van der Waals surface area (Å²) in [5.74, 6) is -0.503. The molecule has 0 amide bonds. The SMILES string of the molecule is O=C(O)Cc1nc(Cl)c2cc(Br)ccn12. The molecule has 0 aliphatic carbocycles. The number of halogens is 2. The minimum Gasteiger partial charge on any atom is -0.481 e. The maximum Gasteiger partial charge on any atom is 0.311 e. The Hall–Kier alpha value is -1.07. The zero-order chi connectivity index (χ0) is 11.0. The zero-order valence-electron chi connectivity index (χ0n) is 7.44. The largest absolute Gasteiger partial charge is 0.481 e. The van der Waals surface area contributed by atoms with Crippen LogP contribution >= 0.6 is 27.5 Å². The molecule has 0 saturated heterocycles. The Bertz CT molecular complexity index is 538. The summed E-state index contributed by atoms with van der Waals surface area (Å²) in [4.78, 5) is 14.6. The Labute approximate surface area is 98.6 Å². The third-order valence-corrected chi connectivity index (χ3v) is 2.71. The van der Waals surface area contributed by atoms with Crippen molar-refractivity contribution in [3.05, 3.63) is 33.8 Å². The molecule has 0 bridgehead atoms. The van der Waals surface area contributed by atoms with Gasteiger partial charge in [0.1, 0.15) is 12.2 Å². The topological polar surface area (TPSA) is 54.6 Å². The Morgan fingerprint density at radius 3 is 3.07 bits per heavy atom. The molecule has 2 aromatic rings. The fourth-order valence-electron chi connectivity index (χ4n) is 1.34. The molecule has 0 aromatic carbocycles. The number of rotatable bonds is 2. The monoisotopic (exact) mass is 288 g/mol. The number of pyridine rings is 1. The van der Waals surface area contributed by atoms with Gasteiger partial charge in [0.15, 0.2) is 5.15 Å². The number of fused-ring (bicyclic) bond motifs is 1. The second kappa shape index (κ2) is 3.83. The van der Waals surface area contributed by atoms with E-state index < -0.39 is 5.97 Å². The third kappa shape index (κ3) is 1.98. The number of carboxylic acids is 1. The summed E-state index contributed by atoms with van der Waals surface area (Å²) in [5, 5.41) is 9.00. The van der Waals surface area contributed by atoms with E-state index in [1.807, 2.05) is 0 Å². The van der Waals surface area contributed by atoms with Gasteiger partial charge in [0, 0.05) is 10.7 Å². The average Bonchev–Trinajstić information content (AvgIpc) is 2.42. The quantitative estimate of drug-likeness (QED) is 0.923. The van der Waals surface area contributed by atoms with Crippen LogP contribution in [-0.4, -0.2) is 20.5 Å². The van der Waals surface area contributed by atoms with Crippen LogP contribution in [-0.2, 0) is 11.2 Å². The van der Waals surface area contributed by atoms with E-state index >= 15 is 0 Å². The first kappa shape index (κ1) is 10.4. The molecule has 4 nitrogen and oxygen atoms in total. The van der Waals surface area contributed by atoms with Crippen molar-refractivity contribution in [2.75, 3.05) is 0 Å². The average molecular weight is 290 g/mol. The maximum atomic E-state index is 10.6. The number of aromatic nitrogens is 2. The standard InChI is InChI=1S/C9H6BrClN2O2/c10-5-1-2-13-6(3-5)9(11)12-7(13)4-8(14)15/h1-3H,4H2,(H,14,15). The summed E-state index contributed by atoms with van der Waals surface area (Å²) in [6, 6.07) is 3.59. The number of hydrogen-bond acceptors (Lipinski definition) is 2. The molecule has 0 aliphatic heterocycles. The van der Waals surface area contributed by atoms with Crippen LogP contribution in [0.4, 0.5) is 0 Å². The van der Waals surface area contributed by atoms with Crippen molar-refractivity contribution in [2.45, 2.75) is 6.42 Å². The maximum absolute atomic E-state index is 10.6. The van der Waals surface area contributed by atoms with E-state index in [1.54, 1.807) is 22.7 Å². The predicted molar refractivity (Wildman–Crippen MR) is 59.2 cm³/mol. The third-order valence-electron chi connectivity index (χ3n) is 1.94. The normalized spacial score (nSPS) is 10.8. The smallest absolute Gasteiger partial charge is 0.311 e. The van der Waals surface area contributed by atoms with E-state index in [0.717, 1.165) is 4.47 Å². The first-order valence-corrected chi connectivity index (χ1v) is 5.29. The van der Waals surface area contributed by atoms with Crippen LogP contribution in [0.2, 0.25) is 5.15 Å². The van der Waals surface area contributed by atoms with Crippen LogP contribution in [0.1, 0.15) is 5.82 Å². The van der Waals surface area contributed by atoms with E-state index in [4.69, 9.17) is 16.7 Å². The lowest BCUT2D eigenvalue weighted by Crippen LogP contribution is -2.04. The van der Waals surface area contributed by atoms with Crippen molar-refractivity contribution in [2.24, 2.45) is 0 Å². The van der Waals surface area contributed by atoms with Crippen LogP contribution in [0, 0.1) is 0 Å². The van der Waals surface area contributed by atoms with Gasteiger partial charge >= 0.3 is 5.97 Å². The first-order chi connectivity index (χ1) is 7.08. The van der Waals surface area contributed by atoms with E-state index in [-0.39, 0.29) is 6.42 Å². The number of imidazole rings is 1. The summed E-state index contributed by atoms with van der Waals surface area (Å²) >= 11 is 9.20. The van der Waals surface area contributed by atoms with Gasteiger partial charge < -0.3 is 9.51 Å². The number of nitrogens with zero attached hydrogens (tertiary/aromatic N) is 2. The van der Waals surface area contributed by atoms with Gasteiger partial charge in [0.2, 0.25) is 0 Å². The molecule has 0 spiro atoms. The number of aliphatic carboxylic acids is 1. The summed E-state index contributed by atoms with van der Waals surface area (Å²) < 4.78 is 2.54. The van der Waals surface area contributed by atoms with Crippen molar-refractivity contribution in [1.82, 2.24) is 9.38 Å². The van der Waals surface area contributed by atoms with Crippen molar-refractivity contribution < 1.29 is 9.90 Å². The number of hydrogen-bond donors (Lipinski definition) is 1. The summed E-state index contributed by atoms with van der Waals surface area (Å²) in [7, 11) is 0. The van der Waals surface area contributed by atoms with Crippen molar-refractivity contribution in [1.29, 1.82) is 0 Å². The highest BCUT2D eigenvalue weighted by Gasteiger charge is 2.12. The van der Waals surface area contributed by atoms with E-state index in [0.29, 0.717) is 16.5 Å². The van der Waals surface area contributed by atoms with Crippen molar-refractivity contribution in [3.8, 4) is 0 Å². The molecule has 0 radical (unpaired) electrons. The minimum absolute atomic E-state index is 0.143. The fraction of sp³-hybridized carbons (Fsp3) is 0.111. The molecule has 2 aromatic heterocycles. The van der Waals surface area contributed by atoms with Crippen molar-refractivity contribution >= 4 is 39.0 Å². The molecule has 15 heavy (non-hydrogen) atoms. The van der Waals surface area contributed by atoms with Crippen LogP contribution in [0.3, 0.4) is 0 Å². The molecule has 6 heteroatoms. The van der Waals surface area contributed by atoms with Crippen LogP contribution < -0.4 is 0 Å². The number of carboxylic acid groups (broad SMARTS) is 1. The van der Waals surface area contributed by atoms with E-state index in [1.165, 1.54) is 0 Å². The molecule has 0 atom stereocenters. The Morgan fingerprint density at radius 1 is 1.67 bits per heavy atom. The molecule has 2 rings (SSSR count). The zero-order valence-corrected chi connectivity index (χ0v) is 9.79. The van der Waals surface area contributed by atoms with Gasteiger partial charge in [-0.3, -0.25) is 4.79 Å². The van der Waals surface area contributed by atoms with Gasteiger partial charge in [0.25, 0.3) is 0 Å². The van der Waals surface area contributed by atoms with Gasteiger partial charge in [-0.15, -0.1) is 0 Å². The Morgan fingerprint density at radius 2 is 2.40 bits per heavy atom. The minimum atomic E-state index is -0.929. The lowest BCUT2D eigenvalue weighted by atomic mass is 10.4. The summed E-state index contributed by atoms with van der Waals surface area (Å²) in [6.07, 6.45) is 1.59. The van der Waals surface area contributed by atoms with E-state index in [2.05, 4.69) is 20.9 Å². The van der Waals surface area contributed by atoms with E-state index in [9.17, 15) is 4.79 Å². The molecule has 78 valence electrons. The fourth-order valence-corrected chi connectivity index (χ4v) is 1.92. The molecule has 0 saturated carbocycles. The molecule has 0 unspecified atom stereocenters. The highest BCUT2D eigenvalue weighted by molar-refractivity contribution is 9.10. The first-order valence-electron chi connectivity index (χ1n) is 4.11. The van der Waals surface area contributed by atoms with Gasteiger partial charge in [-0.05, 0) is 12.1 Å². The number of carbonyl (C=O) groups is 1. The van der Waals surface area contributed by atoms with Crippen molar-refractivity contribution in [3.63, 3.8) is 0 Å². The lowest BCUT2D eigenvalue weighted by Gasteiger charge is -1.98. The second-order valence-corrected chi connectivity index (χ2v) is 4.26. The Kier molecular flexibility index (Phi) is 2.67. The summed E-state index contributed by atoms with van der Waals surface area (Å²) in [5.41, 5.74) is 0.697. The van der Waals surface area contributed by atoms with Crippen LogP contribution in [0.15, 0.2) is 22.8 Å². The predicted octanol–water partition coefficient (Wildman–Crippen LogP) is 2.38. The molecule has 0 aliphatic rings. The molecule has 1 N–H and O–H groups in total. The summed E-state index contributed by atoms with van der Waals surface area (Å²) in [6.45, 7) is 0. The van der Waals surface area contributed by atoms with Gasteiger partial charge in [-0.25, -0.2) is 4.98 Å². The highest BCUT2D eigenvalue weighted by Crippen LogP contribution is 2.22. The molecular weight excluding hydrogens is 283 g/mol. The highest BCUT2D eigenvalue weighted by atomic mass is 79.9. The molecular formula is C9H6BrClN2O2. The van der Waals surface area contributed by atoms with Crippen LogP contribution in [0.25, 0.3) is 5.52 Å².